The van der Waals surface area contributed by atoms with Gasteiger partial charge < -0.3 is 20.1 Å². The molecule has 3 aromatic heterocycles. The molecule has 0 radical (unpaired) electrons. The van der Waals surface area contributed by atoms with Crippen LogP contribution in [0, 0.1) is 0 Å². The summed E-state index contributed by atoms with van der Waals surface area (Å²) in [6.45, 7) is 4.04. The first-order valence-corrected chi connectivity index (χ1v) is 10.2. The molecular formula is C20H26FN7O3. The summed E-state index contributed by atoms with van der Waals surface area (Å²) in [5.41, 5.74) is 2.19. The summed E-state index contributed by atoms with van der Waals surface area (Å²) in [6, 6.07) is 3.57. The van der Waals surface area contributed by atoms with E-state index in [9.17, 15) is 9.18 Å². The number of carbonyl (C=O) groups is 1. The van der Waals surface area contributed by atoms with Crippen LogP contribution in [0.3, 0.4) is 0 Å². The van der Waals surface area contributed by atoms with Crippen LogP contribution in [0.4, 0.5) is 20.8 Å². The molecule has 31 heavy (non-hydrogen) atoms. The predicted molar refractivity (Wildman–Crippen MR) is 111 cm³/mol. The number of hydrogen-bond donors (Lipinski definition) is 3. The molecule has 3 N–H and O–H groups in total. The standard InChI is InChI=1S/C20H26FN7O3/c1-11(2)23-20(29)31-16-5-4-13(18(16)21)14-9-17(26-25-14)24-19-15-8-12(10-30-3)27-28(15)7-6-22-19/h6-9,11,13,16,18H,4-5,10H2,1-3H3,(H,23,29)(H2,22,24,25,26)/t13-,16-,18+/m0/s1. The number of alkyl halides is 1. The van der Waals surface area contributed by atoms with E-state index in [1.807, 2.05) is 19.9 Å². The molecule has 0 unspecified atom stereocenters. The fourth-order valence-corrected chi connectivity index (χ4v) is 3.78. The average Bonchev–Trinajstić information content (AvgIpc) is 3.41. The quantitative estimate of drug-likeness (QED) is 0.526. The molecule has 4 rings (SSSR count). The van der Waals surface area contributed by atoms with E-state index in [1.165, 1.54) is 0 Å². The molecule has 1 fully saturated rings. The van der Waals surface area contributed by atoms with Crippen LogP contribution in [0.25, 0.3) is 5.52 Å². The summed E-state index contributed by atoms with van der Waals surface area (Å²) in [7, 11) is 1.61. The monoisotopic (exact) mass is 431 g/mol. The third kappa shape index (κ3) is 4.61. The topological polar surface area (TPSA) is 118 Å². The average molecular weight is 431 g/mol. The van der Waals surface area contributed by atoms with Crippen molar-refractivity contribution in [1.29, 1.82) is 0 Å². The fraction of sp³-hybridized carbons (Fsp3) is 0.500. The van der Waals surface area contributed by atoms with Crippen LogP contribution in [-0.4, -0.2) is 56.3 Å². The Bertz CT molecular complexity index is 1050. The van der Waals surface area contributed by atoms with E-state index in [4.69, 9.17) is 9.47 Å². The van der Waals surface area contributed by atoms with Crippen molar-refractivity contribution in [2.45, 2.75) is 57.5 Å². The molecule has 1 saturated carbocycles. The molecule has 11 heteroatoms. The summed E-state index contributed by atoms with van der Waals surface area (Å²) in [6.07, 6.45) is 1.71. The zero-order valence-corrected chi connectivity index (χ0v) is 17.6. The van der Waals surface area contributed by atoms with Crippen LogP contribution in [0.5, 0.6) is 0 Å². The first-order valence-electron chi connectivity index (χ1n) is 10.2. The number of fused-ring (bicyclic) bond motifs is 1. The van der Waals surface area contributed by atoms with Gasteiger partial charge in [-0.15, -0.1) is 0 Å². The highest BCUT2D eigenvalue weighted by Crippen LogP contribution is 2.38. The summed E-state index contributed by atoms with van der Waals surface area (Å²) in [5, 5.41) is 17.3. The zero-order valence-electron chi connectivity index (χ0n) is 17.6. The van der Waals surface area contributed by atoms with Gasteiger partial charge in [-0.05, 0) is 32.8 Å². The lowest BCUT2D eigenvalue weighted by Crippen LogP contribution is -2.36. The highest BCUT2D eigenvalue weighted by atomic mass is 19.1. The highest BCUT2D eigenvalue weighted by Gasteiger charge is 2.40. The smallest absolute Gasteiger partial charge is 0.407 e. The second-order valence-electron chi connectivity index (χ2n) is 7.88. The number of alkyl carbamates (subject to hydrolysis) is 1. The summed E-state index contributed by atoms with van der Waals surface area (Å²) in [4.78, 5) is 16.2. The number of ether oxygens (including phenoxy) is 2. The Morgan fingerprint density at radius 3 is 3.00 bits per heavy atom. The van der Waals surface area contributed by atoms with Gasteiger partial charge in [0.05, 0.1) is 12.3 Å². The van der Waals surface area contributed by atoms with Crippen molar-refractivity contribution in [2.75, 3.05) is 12.4 Å². The summed E-state index contributed by atoms with van der Waals surface area (Å²) in [5.74, 6) is 0.663. The predicted octanol–water partition coefficient (Wildman–Crippen LogP) is 3.06. The number of amides is 1. The van der Waals surface area contributed by atoms with Crippen molar-refractivity contribution in [1.82, 2.24) is 30.1 Å². The fourth-order valence-electron chi connectivity index (χ4n) is 3.78. The lowest BCUT2D eigenvalue weighted by Gasteiger charge is -2.18. The Hall–Kier alpha value is -3.21. The molecule has 0 aliphatic heterocycles. The molecule has 3 atom stereocenters. The van der Waals surface area contributed by atoms with Gasteiger partial charge in [-0.1, -0.05) is 0 Å². The third-order valence-electron chi connectivity index (χ3n) is 5.14. The first-order chi connectivity index (χ1) is 14.9. The molecule has 0 saturated heterocycles. The molecule has 3 heterocycles. The minimum absolute atomic E-state index is 0.0663. The number of nitrogens with one attached hydrogen (secondary N) is 3. The van der Waals surface area contributed by atoms with Crippen molar-refractivity contribution < 1.29 is 18.7 Å². The molecule has 0 aromatic carbocycles. The Labute approximate surface area is 178 Å². The first kappa shape index (κ1) is 21.0. The van der Waals surface area contributed by atoms with Crippen LogP contribution in [0.2, 0.25) is 0 Å². The minimum atomic E-state index is -1.31. The van der Waals surface area contributed by atoms with Gasteiger partial charge in [0.2, 0.25) is 0 Å². The van der Waals surface area contributed by atoms with Crippen molar-refractivity contribution >= 4 is 23.2 Å². The number of nitrogens with zero attached hydrogens (tertiary/aromatic N) is 4. The molecule has 1 amide bonds. The Kier molecular flexibility index (Phi) is 6.03. The van der Waals surface area contributed by atoms with Gasteiger partial charge in [-0.2, -0.15) is 10.2 Å². The van der Waals surface area contributed by atoms with Crippen molar-refractivity contribution in [3.05, 3.63) is 35.9 Å². The second-order valence-corrected chi connectivity index (χ2v) is 7.88. The minimum Gasteiger partial charge on any atom is -0.443 e. The molecular weight excluding hydrogens is 405 g/mol. The van der Waals surface area contributed by atoms with E-state index in [0.29, 0.717) is 36.8 Å². The number of rotatable bonds is 7. The number of H-pyrrole nitrogens is 1. The van der Waals surface area contributed by atoms with Crippen LogP contribution >= 0.6 is 0 Å². The number of aromatic nitrogens is 5. The molecule has 10 nitrogen and oxygen atoms in total. The van der Waals surface area contributed by atoms with Gasteiger partial charge in [0.1, 0.15) is 17.8 Å². The molecule has 1 aliphatic rings. The van der Waals surface area contributed by atoms with E-state index in [2.05, 4.69) is 30.9 Å². The van der Waals surface area contributed by atoms with Gasteiger partial charge in [0.25, 0.3) is 0 Å². The maximum Gasteiger partial charge on any atom is 0.407 e. The SMILES string of the molecule is COCc1cc2c(Nc3cc([C@@H]4CC[C@H](OC(=O)NC(C)C)[C@@H]4F)[nH]n3)nccn2n1. The normalized spacial score (nSPS) is 21.0. The van der Waals surface area contributed by atoms with Crippen LogP contribution in [0.1, 0.15) is 44.0 Å². The van der Waals surface area contributed by atoms with Gasteiger partial charge in [-0.25, -0.2) is 18.7 Å². The number of carbonyl (C=O) groups excluding carboxylic acids is 1. The summed E-state index contributed by atoms with van der Waals surface area (Å²) >= 11 is 0. The number of methoxy groups -OCH3 is 1. The van der Waals surface area contributed by atoms with Crippen molar-refractivity contribution in [3.8, 4) is 0 Å². The van der Waals surface area contributed by atoms with Gasteiger partial charge in [0.15, 0.2) is 11.6 Å². The Morgan fingerprint density at radius 1 is 1.39 bits per heavy atom. The van der Waals surface area contributed by atoms with Crippen LogP contribution < -0.4 is 10.6 Å². The maximum absolute atomic E-state index is 14.9. The molecule has 3 aromatic rings. The van der Waals surface area contributed by atoms with E-state index in [-0.39, 0.29) is 6.04 Å². The third-order valence-corrected chi connectivity index (χ3v) is 5.14. The van der Waals surface area contributed by atoms with E-state index in [0.717, 1.165) is 11.2 Å². The lowest BCUT2D eigenvalue weighted by molar-refractivity contribution is 0.0555. The largest absolute Gasteiger partial charge is 0.443 e. The summed E-state index contributed by atoms with van der Waals surface area (Å²) < 4.78 is 27.0. The van der Waals surface area contributed by atoms with Crippen LogP contribution in [0.15, 0.2) is 24.5 Å². The number of anilines is 2. The van der Waals surface area contributed by atoms with Crippen LogP contribution in [-0.2, 0) is 16.1 Å². The Balaban J connectivity index is 1.44. The second kappa shape index (κ2) is 8.88. The molecule has 0 spiro atoms. The zero-order chi connectivity index (χ0) is 22.0. The number of hydrogen-bond acceptors (Lipinski definition) is 7. The van der Waals surface area contributed by atoms with E-state index in [1.54, 1.807) is 30.1 Å². The lowest BCUT2D eigenvalue weighted by atomic mass is 10.0. The Morgan fingerprint density at radius 2 is 2.23 bits per heavy atom. The highest BCUT2D eigenvalue weighted by molar-refractivity contribution is 5.72. The van der Waals surface area contributed by atoms with Crippen molar-refractivity contribution in [3.63, 3.8) is 0 Å². The molecule has 166 valence electrons. The van der Waals surface area contributed by atoms with Crippen molar-refractivity contribution in [2.24, 2.45) is 0 Å². The number of aromatic amines is 1. The van der Waals surface area contributed by atoms with Gasteiger partial charge >= 0.3 is 6.09 Å². The molecule has 1 aliphatic carbocycles. The van der Waals surface area contributed by atoms with Gasteiger partial charge in [-0.3, -0.25) is 5.10 Å². The van der Waals surface area contributed by atoms with E-state index < -0.39 is 24.3 Å². The number of halogens is 1. The van der Waals surface area contributed by atoms with E-state index >= 15 is 0 Å². The van der Waals surface area contributed by atoms with Gasteiger partial charge in [0, 0.05) is 43.2 Å². The molecule has 0 bridgehead atoms. The maximum atomic E-state index is 14.9.